The summed E-state index contributed by atoms with van der Waals surface area (Å²) in [4.78, 5) is 8.97. The van der Waals surface area contributed by atoms with Crippen molar-refractivity contribution in [2.75, 3.05) is 6.61 Å². The summed E-state index contributed by atoms with van der Waals surface area (Å²) in [6, 6.07) is 8.09. The first-order valence-corrected chi connectivity index (χ1v) is 9.37. The molecular weight excluding hydrogens is 296 g/mol. The third-order valence-corrected chi connectivity index (χ3v) is 4.15. The molecule has 1 aromatic heterocycles. The zero-order valence-electron chi connectivity index (χ0n) is 15.1. The number of unbranched alkanes of at least 4 members (excludes halogenated alkanes) is 5. The molecule has 0 N–H and O–H groups in total. The molecule has 0 aliphatic heterocycles. The lowest BCUT2D eigenvalue weighted by Gasteiger charge is -2.07. The van der Waals surface area contributed by atoms with Gasteiger partial charge in [-0.25, -0.2) is 9.97 Å². The molecule has 130 valence electrons. The molecule has 3 nitrogen and oxygen atoms in total. The fourth-order valence-electron chi connectivity index (χ4n) is 2.61. The van der Waals surface area contributed by atoms with Crippen molar-refractivity contribution in [2.24, 2.45) is 0 Å². The largest absolute Gasteiger partial charge is 0.494 e. The molecule has 2 aromatic rings. The Labute approximate surface area is 146 Å². The van der Waals surface area contributed by atoms with Crippen LogP contribution in [0.3, 0.4) is 0 Å². The highest BCUT2D eigenvalue weighted by atomic mass is 16.5. The van der Waals surface area contributed by atoms with Gasteiger partial charge in [0.15, 0.2) is 5.82 Å². The average molecular weight is 326 g/mol. The van der Waals surface area contributed by atoms with Crippen LogP contribution >= 0.6 is 0 Å². The quantitative estimate of drug-likeness (QED) is 0.487. The molecule has 3 heteroatoms. The lowest BCUT2D eigenvalue weighted by Crippen LogP contribution is -1.97. The van der Waals surface area contributed by atoms with Crippen LogP contribution in [0, 0.1) is 0 Å². The predicted molar refractivity (Wildman–Crippen MR) is 100 cm³/mol. The van der Waals surface area contributed by atoms with Crippen molar-refractivity contribution >= 4 is 0 Å². The first-order chi connectivity index (χ1) is 11.8. The molecule has 0 atom stereocenters. The Balaban J connectivity index is 1.80. The maximum Gasteiger partial charge on any atom is 0.159 e. The first kappa shape index (κ1) is 18.4. The molecule has 0 spiro atoms. The van der Waals surface area contributed by atoms with Gasteiger partial charge in [0.1, 0.15) is 5.75 Å². The summed E-state index contributed by atoms with van der Waals surface area (Å²) in [6.45, 7) is 5.23. The summed E-state index contributed by atoms with van der Waals surface area (Å²) in [5.41, 5.74) is 2.25. The van der Waals surface area contributed by atoms with E-state index in [1.54, 1.807) is 0 Å². The van der Waals surface area contributed by atoms with Crippen molar-refractivity contribution in [1.29, 1.82) is 0 Å². The predicted octanol–water partition coefficient (Wildman–Crippen LogP) is 5.84. The van der Waals surface area contributed by atoms with E-state index in [2.05, 4.69) is 23.8 Å². The molecule has 0 aliphatic carbocycles. The van der Waals surface area contributed by atoms with E-state index >= 15 is 0 Å². The highest BCUT2D eigenvalue weighted by Gasteiger charge is 2.02. The van der Waals surface area contributed by atoms with Crippen molar-refractivity contribution < 1.29 is 4.74 Å². The van der Waals surface area contributed by atoms with Gasteiger partial charge in [0.05, 0.1) is 6.61 Å². The Morgan fingerprint density at radius 3 is 2.12 bits per heavy atom. The lowest BCUT2D eigenvalue weighted by atomic mass is 10.1. The smallest absolute Gasteiger partial charge is 0.159 e. The fraction of sp³-hybridized carbons (Fsp3) is 0.524. The molecule has 0 fully saturated rings. The number of aryl methyl sites for hydroxylation is 1. The van der Waals surface area contributed by atoms with E-state index in [1.807, 2.05) is 36.7 Å². The molecule has 0 unspecified atom stereocenters. The second kappa shape index (κ2) is 10.8. The SMILES string of the molecule is CCCCCCCOc1ccc(-c2ncc(CCCC)cn2)cc1. The summed E-state index contributed by atoms with van der Waals surface area (Å²) in [6.07, 6.45) is 13.6. The minimum absolute atomic E-state index is 0.779. The number of nitrogens with zero attached hydrogens (tertiary/aromatic N) is 2. The van der Waals surface area contributed by atoms with Crippen LogP contribution in [0.2, 0.25) is 0 Å². The van der Waals surface area contributed by atoms with E-state index in [0.29, 0.717) is 0 Å². The Kier molecular flexibility index (Phi) is 8.29. The van der Waals surface area contributed by atoms with Crippen LogP contribution in [0.4, 0.5) is 0 Å². The summed E-state index contributed by atoms with van der Waals surface area (Å²) < 4.78 is 5.80. The normalized spacial score (nSPS) is 10.8. The number of rotatable bonds is 11. The highest BCUT2D eigenvalue weighted by Crippen LogP contribution is 2.19. The van der Waals surface area contributed by atoms with Crippen LogP contribution in [-0.2, 0) is 6.42 Å². The van der Waals surface area contributed by atoms with Crippen molar-refractivity contribution in [3.63, 3.8) is 0 Å². The molecule has 0 aliphatic rings. The van der Waals surface area contributed by atoms with Gasteiger partial charge in [-0.3, -0.25) is 0 Å². The van der Waals surface area contributed by atoms with E-state index in [4.69, 9.17) is 4.74 Å². The van der Waals surface area contributed by atoms with E-state index in [9.17, 15) is 0 Å². The standard InChI is InChI=1S/C21H30N2O/c1-3-5-7-8-9-15-24-20-13-11-19(12-14-20)21-22-16-18(17-23-21)10-6-4-2/h11-14,16-17H,3-10,15H2,1-2H3. The van der Waals surface area contributed by atoms with Gasteiger partial charge in [-0.15, -0.1) is 0 Å². The third-order valence-electron chi connectivity index (χ3n) is 4.15. The molecule has 0 amide bonds. The van der Waals surface area contributed by atoms with Gasteiger partial charge in [-0.1, -0.05) is 46.0 Å². The van der Waals surface area contributed by atoms with Gasteiger partial charge in [0.25, 0.3) is 0 Å². The van der Waals surface area contributed by atoms with Crippen LogP contribution in [0.15, 0.2) is 36.7 Å². The molecule has 2 rings (SSSR count). The molecule has 0 saturated carbocycles. The number of hydrogen-bond donors (Lipinski definition) is 0. The van der Waals surface area contributed by atoms with Gasteiger partial charge in [0.2, 0.25) is 0 Å². The summed E-state index contributed by atoms with van der Waals surface area (Å²) >= 11 is 0. The van der Waals surface area contributed by atoms with Crippen LogP contribution < -0.4 is 4.74 Å². The topological polar surface area (TPSA) is 35.0 Å². The fourth-order valence-corrected chi connectivity index (χ4v) is 2.61. The Morgan fingerprint density at radius 1 is 0.792 bits per heavy atom. The van der Waals surface area contributed by atoms with Crippen molar-refractivity contribution in [3.05, 3.63) is 42.2 Å². The average Bonchev–Trinajstić information content (AvgIpc) is 2.64. The third kappa shape index (κ3) is 6.31. The highest BCUT2D eigenvalue weighted by molar-refractivity contribution is 5.55. The maximum atomic E-state index is 5.80. The molecule has 1 aromatic carbocycles. The summed E-state index contributed by atoms with van der Waals surface area (Å²) in [5, 5.41) is 0. The van der Waals surface area contributed by atoms with Crippen LogP contribution in [0.1, 0.15) is 64.4 Å². The number of aromatic nitrogens is 2. The van der Waals surface area contributed by atoms with Gasteiger partial charge in [0, 0.05) is 18.0 Å². The summed E-state index contributed by atoms with van der Waals surface area (Å²) in [5.74, 6) is 1.70. The van der Waals surface area contributed by atoms with E-state index in [1.165, 1.54) is 44.1 Å². The Hall–Kier alpha value is -1.90. The van der Waals surface area contributed by atoms with Gasteiger partial charge in [-0.05, 0) is 49.1 Å². The number of hydrogen-bond acceptors (Lipinski definition) is 3. The Bertz CT molecular complexity index is 563. The van der Waals surface area contributed by atoms with Crippen molar-refractivity contribution in [3.8, 4) is 17.1 Å². The molecule has 0 radical (unpaired) electrons. The maximum absolute atomic E-state index is 5.80. The van der Waals surface area contributed by atoms with Gasteiger partial charge < -0.3 is 4.74 Å². The first-order valence-electron chi connectivity index (χ1n) is 9.37. The van der Waals surface area contributed by atoms with E-state index in [0.717, 1.165) is 36.6 Å². The Morgan fingerprint density at radius 2 is 1.46 bits per heavy atom. The van der Waals surface area contributed by atoms with Gasteiger partial charge >= 0.3 is 0 Å². The van der Waals surface area contributed by atoms with Gasteiger partial charge in [-0.2, -0.15) is 0 Å². The van der Waals surface area contributed by atoms with Crippen LogP contribution in [0.5, 0.6) is 5.75 Å². The lowest BCUT2D eigenvalue weighted by molar-refractivity contribution is 0.304. The number of ether oxygens (including phenoxy) is 1. The van der Waals surface area contributed by atoms with Crippen LogP contribution in [0.25, 0.3) is 11.4 Å². The van der Waals surface area contributed by atoms with Crippen molar-refractivity contribution in [1.82, 2.24) is 9.97 Å². The molecule has 0 bridgehead atoms. The monoisotopic (exact) mass is 326 g/mol. The minimum Gasteiger partial charge on any atom is -0.494 e. The summed E-state index contributed by atoms with van der Waals surface area (Å²) in [7, 11) is 0. The second-order valence-corrected chi connectivity index (χ2v) is 6.31. The number of benzene rings is 1. The second-order valence-electron chi connectivity index (χ2n) is 6.31. The zero-order valence-corrected chi connectivity index (χ0v) is 15.1. The molecule has 24 heavy (non-hydrogen) atoms. The van der Waals surface area contributed by atoms with Crippen molar-refractivity contribution in [2.45, 2.75) is 65.2 Å². The van der Waals surface area contributed by atoms with E-state index < -0.39 is 0 Å². The molecule has 0 saturated heterocycles. The zero-order chi connectivity index (χ0) is 17.0. The molecular formula is C21H30N2O. The van der Waals surface area contributed by atoms with Crippen LogP contribution in [-0.4, -0.2) is 16.6 Å². The minimum atomic E-state index is 0.779. The van der Waals surface area contributed by atoms with E-state index in [-0.39, 0.29) is 0 Å². The molecule has 1 heterocycles.